The molecule has 6 heteroatoms. The van der Waals surface area contributed by atoms with Crippen molar-refractivity contribution >= 4 is 29.1 Å². The summed E-state index contributed by atoms with van der Waals surface area (Å²) in [5.41, 5.74) is 1.26. The molecular formula is C19H25N3O3. The minimum Gasteiger partial charge on any atom is -0.339 e. The molecule has 1 atom stereocenters. The highest BCUT2D eigenvalue weighted by Crippen LogP contribution is 2.29. The maximum atomic E-state index is 12.5. The van der Waals surface area contributed by atoms with Crippen LogP contribution in [0.25, 0.3) is 0 Å². The van der Waals surface area contributed by atoms with Crippen LogP contribution in [0.2, 0.25) is 0 Å². The first-order chi connectivity index (χ1) is 12.0. The van der Waals surface area contributed by atoms with E-state index in [1.54, 1.807) is 24.3 Å². The number of nitrogens with one attached hydrogen (secondary N) is 2. The first kappa shape index (κ1) is 17.5. The third-order valence-corrected chi connectivity index (χ3v) is 5.00. The molecule has 2 N–H and O–H groups in total. The second-order valence-corrected chi connectivity index (χ2v) is 6.99. The minimum absolute atomic E-state index is 0.0963. The number of hydrogen-bond acceptors (Lipinski definition) is 3. The summed E-state index contributed by atoms with van der Waals surface area (Å²) in [5, 5.41) is 5.56. The fourth-order valence-corrected chi connectivity index (χ4v) is 3.78. The third kappa shape index (κ3) is 4.38. The molecule has 1 saturated heterocycles. The zero-order chi connectivity index (χ0) is 17.8. The van der Waals surface area contributed by atoms with Gasteiger partial charge in [0.2, 0.25) is 17.7 Å². The summed E-state index contributed by atoms with van der Waals surface area (Å²) in [5.74, 6) is -0.502. The van der Waals surface area contributed by atoms with Crippen LogP contribution in [0.3, 0.4) is 0 Å². The zero-order valence-electron chi connectivity index (χ0n) is 14.6. The molecule has 1 saturated carbocycles. The molecule has 1 aliphatic carbocycles. The van der Waals surface area contributed by atoms with Crippen molar-refractivity contribution in [3.63, 3.8) is 0 Å². The molecule has 3 rings (SSSR count). The Kier molecular flexibility index (Phi) is 5.36. The Hall–Kier alpha value is -2.37. The largest absolute Gasteiger partial charge is 0.339 e. The van der Waals surface area contributed by atoms with Crippen molar-refractivity contribution in [2.24, 2.45) is 5.92 Å². The van der Waals surface area contributed by atoms with Gasteiger partial charge in [0.1, 0.15) is 0 Å². The fourth-order valence-electron chi connectivity index (χ4n) is 3.78. The molecule has 3 amide bonds. The predicted molar refractivity (Wildman–Crippen MR) is 96.1 cm³/mol. The second kappa shape index (κ2) is 7.68. The second-order valence-electron chi connectivity index (χ2n) is 6.99. The number of nitrogens with zero attached hydrogens (tertiary/aromatic N) is 1. The van der Waals surface area contributed by atoms with E-state index in [2.05, 4.69) is 10.6 Å². The summed E-state index contributed by atoms with van der Waals surface area (Å²) in [6.45, 7) is 1.95. The van der Waals surface area contributed by atoms with E-state index in [0.29, 0.717) is 24.0 Å². The number of carbonyl (C=O) groups is 3. The molecular weight excluding hydrogens is 318 g/mol. The number of carbonyl (C=O) groups excluding carboxylic acids is 3. The Morgan fingerprint density at radius 1 is 1.08 bits per heavy atom. The molecule has 1 aromatic rings. The Balaban J connectivity index is 1.60. The molecule has 1 aromatic carbocycles. The van der Waals surface area contributed by atoms with Crippen molar-refractivity contribution in [2.45, 2.75) is 51.5 Å². The maximum absolute atomic E-state index is 12.5. The number of hydrogen-bond donors (Lipinski definition) is 2. The smallest absolute Gasteiger partial charge is 0.229 e. The minimum atomic E-state index is -0.307. The number of benzene rings is 1. The highest BCUT2D eigenvalue weighted by molar-refractivity contribution is 5.98. The van der Waals surface area contributed by atoms with Crippen molar-refractivity contribution < 1.29 is 14.4 Å². The van der Waals surface area contributed by atoms with E-state index in [1.807, 2.05) is 4.90 Å². The van der Waals surface area contributed by atoms with Crippen molar-refractivity contribution in [2.75, 3.05) is 17.2 Å². The lowest BCUT2D eigenvalue weighted by Gasteiger charge is -2.31. The summed E-state index contributed by atoms with van der Waals surface area (Å²) in [6, 6.07) is 7.34. The van der Waals surface area contributed by atoms with Crippen LogP contribution in [0.1, 0.15) is 45.4 Å². The van der Waals surface area contributed by atoms with Gasteiger partial charge in [0.05, 0.1) is 5.92 Å². The number of likely N-dealkylation sites (tertiary alicyclic amines) is 1. The van der Waals surface area contributed by atoms with E-state index < -0.39 is 0 Å². The van der Waals surface area contributed by atoms with Crippen LogP contribution in [0.4, 0.5) is 11.4 Å². The molecule has 0 radical (unpaired) electrons. The topological polar surface area (TPSA) is 78.5 Å². The van der Waals surface area contributed by atoms with Crippen molar-refractivity contribution in [3.8, 4) is 0 Å². The van der Waals surface area contributed by atoms with Crippen LogP contribution in [0, 0.1) is 5.92 Å². The lowest BCUT2D eigenvalue weighted by atomic mass is 9.94. The van der Waals surface area contributed by atoms with Gasteiger partial charge in [-0.3, -0.25) is 14.4 Å². The fraction of sp³-hybridized carbons (Fsp3) is 0.526. The molecule has 0 aromatic heterocycles. The van der Waals surface area contributed by atoms with Gasteiger partial charge in [0, 0.05) is 37.3 Å². The molecule has 6 nitrogen and oxygen atoms in total. The van der Waals surface area contributed by atoms with Crippen LogP contribution in [-0.2, 0) is 14.4 Å². The van der Waals surface area contributed by atoms with Gasteiger partial charge in [-0.15, -0.1) is 0 Å². The highest BCUT2D eigenvalue weighted by Gasteiger charge is 2.38. The third-order valence-electron chi connectivity index (χ3n) is 5.00. The summed E-state index contributed by atoms with van der Waals surface area (Å²) in [4.78, 5) is 37.9. The molecule has 2 fully saturated rings. The quantitative estimate of drug-likeness (QED) is 0.882. The van der Waals surface area contributed by atoms with Gasteiger partial charge in [-0.1, -0.05) is 25.3 Å². The molecule has 134 valence electrons. The first-order valence-electron chi connectivity index (χ1n) is 9.01. The van der Waals surface area contributed by atoms with Crippen molar-refractivity contribution in [3.05, 3.63) is 24.3 Å². The molecule has 25 heavy (non-hydrogen) atoms. The van der Waals surface area contributed by atoms with E-state index in [9.17, 15) is 14.4 Å². The summed E-state index contributed by atoms with van der Waals surface area (Å²) < 4.78 is 0. The van der Waals surface area contributed by atoms with Gasteiger partial charge < -0.3 is 15.5 Å². The molecule has 1 heterocycles. The monoisotopic (exact) mass is 343 g/mol. The normalized spacial score (nSPS) is 21.2. The number of anilines is 2. The Bertz CT molecular complexity index is 668. The number of amides is 3. The molecule has 0 unspecified atom stereocenters. The summed E-state index contributed by atoms with van der Waals surface area (Å²) in [6.07, 6.45) is 5.97. The van der Waals surface area contributed by atoms with Crippen LogP contribution in [0.15, 0.2) is 24.3 Å². The SMILES string of the molecule is CC(=O)Nc1cccc(NC(=O)[C@@H]2CC(=O)N(C3CCCCC3)C2)c1. The van der Waals surface area contributed by atoms with Gasteiger partial charge in [-0.25, -0.2) is 0 Å². The average molecular weight is 343 g/mol. The standard InChI is InChI=1S/C19H25N3O3/c1-13(23)20-15-6-5-7-16(11-15)21-19(25)14-10-18(24)22(12-14)17-8-3-2-4-9-17/h5-7,11,14,17H,2-4,8-10,12H2,1H3,(H,20,23)(H,21,25)/t14-/m1/s1. The molecule has 0 bridgehead atoms. The van der Waals surface area contributed by atoms with Crippen LogP contribution < -0.4 is 10.6 Å². The highest BCUT2D eigenvalue weighted by atomic mass is 16.2. The Morgan fingerprint density at radius 2 is 1.76 bits per heavy atom. The average Bonchev–Trinajstić information content (AvgIpc) is 2.97. The van der Waals surface area contributed by atoms with Crippen molar-refractivity contribution in [1.29, 1.82) is 0 Å². The lowest BCUT2D eigenvalue weighted by molar-refractivity contribution is -0.130. The van der Waals surface area contributed by atoms with E-state index in [1.165, 1.54) is 26.2 Å². The van der Waals surface area contributed by atoms with Crippen LogP contribution >= 0.6 is 0 Å². The van der Waals surface area contributed by atoms with Gasteiger partial charge in [-0.05, 0) is 31.0 Å². The molecule has 0 spiro atoms. The van der Waals surface area contributed by atoms with Gasteiger partial charge in [0.25, 0.3) is 0 Å². The van der Waals surface area contributed by atoms with Gasteiger partial charge in [-0.2, -0.15) is 0 Å². The van der Waals surface area contributed by atoms with Crippen molar-refractivity contribution in [1.82, 2.24) is 4.90 Å². The molecule has 1 aliphatic heterocycles. The Morgan fingerprint density at radius 3 is 2.44 bits per heavy atom. The summed E-state index contributed by atoms with van der Waals surface area (Å²) >= 11 is 0. The molecule has 2 aliphatic rings. The van der Waals surface area contributed by atoms with Crippen LogP contribution in [-0.4, -0.2) is 35.2 Å². The maximum Gasteiger partial charge on any atom is 0.229 e. The number of rotatable bonds is 4. The van der Waals surface area contributed by atoms with E-state index >= 15 is 0 Å². The first-order valence-corrected chi connectivity index (χ1v) is 9.01. The zero-order valence-corrected chi connectivity index (χ0v) is 14.6. The van der Waals surface area contributed by atoms with E-state index in [4.69, 9.17) is 0 Å². The van der Waals surface area contributed by atoms with E-state index in [-0.39, 0.29) is 30.1 Å². The van der Waals surface area contributed by atoms with Gasteiger partial charge >= 0.3 is 0 Å². The predicted octanol–water partition coefficient (Wildman–Crippen LogP) is 2.76. The van der Waals surface area contributed by atoms with E-state index in [0.717, 1.165) is 12.8 Å². The van der Waals surface area contributed by atoms with Crippen LogP contribution in [0.5, 0.6) is 0 Å². The van der Waals surface area contributed by atoms with Gasteiger partial charge in [0.15, 0.2) is 0 Å². The summed E-state index contributed by atoms with van der Waals surface area (Å²) in [7, 11) is 0. The lowest BCUT2D eigenvalue weighted by Crippen LogP contribution is -2.38. The Labute approximate surface area is 148 Å².